The Morgan fingerprint density at radius 3 is 2.41 bits per heavy atom. The highest BCUT2D eigenvalue weighted by Crippen LogP contribution is 2.42. The molecule has 162 valence electrons. The Kier molecular flexibility index (Phi) is 6.28. The predicted octanol–water partition coefficient (Wildman–Crippen LogP) is 5.76. The number of carbonyl (C=O) groups is 2. The van der Waals surface area contributed by atoms with E-state index in [-0.39, 0.29) is 11.3 Å². The molecule has 1 unspecified atom stereocenters. The number of benzene rings is 3. The largest absolute Gasteiger partial charge is 0.507 e. The quantitative estimate of drug-likeness (QED) is 0.296. The van der Waals surface area contributed by atoms with E-state index in [4.69, 9.17) is 16.3 Å². The lowest BCUT2D eigenvalue weighted by Crippen LogP contribution is -2.29. The van der Waals surface area contributed by atoms with Crippen molar-refractivity contribution in [2.45, 2.75) is 19.4 Å². The lowest BCUT2D eigenvalue weighted by molar-refractivity contribution is -0.132. The number of hydrogen-bond donors (Lipinski definition) is 1. The second-order valence-electron chi connectivity index (χ2n) is 7.43. The molecule has 3 aromatic carbocycles. The summed E-state index contributed by atoms with van der Waals surface area (Å²) in [6.07, 6.45) is 0.842. The van der Waals surface area contributed by atoms with Crippen LogP contribution in [0.25, 0.3) is 5.76 Å². The first kappa shape index (κ1) is 21.7. The Bertz CT molecular complexity index is 1170. The van der Waals surface area contributed by atoms with Gasteiger partial charge in [-0.1, -0.05) is 61.0 Å². The van der Waals surface area contributed by atoms with Crippen molar-refractivity contribution in [3.8, 4) is 5.75 Å². The summed E-state index contributed by atoms with van der Waals surface area (Å²) in [5.41, 5.74) is 1.66. The molecule has 1 aliphatic heterocycles. The average Bonchev–Trinajstić information content (AvgIpc) is 3.09. The van der Waals surface area contributed by atoms with E-state index in [9.17, 15) is 14.7 Å². The van der Waals surface area contributed by atoms with Crippen LogP contribution in [-0.4, -0.2) is 23.4 Å². The molecule has 6 heteroatoms. The number of ketones is 1. The third-order valence-electron chi connectivity index (χ3n) is 5.24. The van der Waals surface area contributed by atoms with E-state index in [1.807, 2.05) is 13.0 Å². The zero-order valence-electron chi connectivity index (χ0n) is 17.5. The molecule has 0 aliphatic carbocycles. The summed E-state index contributed by atoms with van der Waals surface area (Å²) in [5.74, 6) is -1.11. The number of ether oxygens (including phenoxy) is 1. The lowest BCUT2D eigenvalue weighted by Gasteiger charge is -2.25. The maximum atomic E-state index is 13.1. The van der Waals surface area contributed by atoms with Crippen molar-refractivity contribution >= 4 is 34.7 Å². The molecule has 1 heterocycles. The van der Waals surface area contributed by atoms with Gasteiger partial charge in [-0.15, -0.1) is 0 Å². The van der Waals surface area contributed by atoms with Gasteiger partial charge in [-0.2, -0.15) is 0 Å². The molecule has 0 aromatic heterocycles. The van der Waals surface area contributed by atoms with Gasteiger partial charge in [0.05, 0.1) is 18.2 Å². The highest BCUT2D eigenvalue weighted by Gasteiger charge is 2.46. The SMILES string of the molecule is CCCOc1cccc(/C(O)=C2/C(=O)C(=O)N(c3ccccc3)C2c2ccc(Cl)cc2)c1. The molecule has 0 bridgehead atoms. The lowest BCUT2D eigenvalue weighted by atomic mass is 9.95. The Morgan fingerprint density at radius 2 is 1.72 bits per heavy atom. The molecule has 0 spiro atoms. The number of rotatable bonds is 6. The van der Waals surface area contributed by atoms with Crippen LogP contribution in [0.1, 0.15) is 30.5 Å². The first-order valence-electron chi connectivity index (χ1n) is 10.4. The Balaban J connectivity index is 1.88. The molecule has 32 heavy (non-hydrogen) atoms. The minimum Gasteiger partial charge on any atom is -0.507 e. The van der Waals surface area contributed by atoms with Crippen LogP contribution in [0.15, 0.2) is 84.4 Å². The minimum atomic E-state index is -0.796. The van der Waals surface area contributed by atoms with Crippen LogP contribution in [0.2, 0.25) is 5.02 Å². The van der Waals surface area contributed by atoms with Crippen molar-refractivity contribution in [3.63, 3.8) is 0 Å². The Morgan fingerprint density at radius 1 is 1.00 bits per heavy atom. The standard InChI is InChI=1S/C26H22ClNO4/c1-2-15-32-21-10-6-7-18(16-21)24(29)22-23(17-11-13-19(27)14-12-17)28(26(31)25(22)30)20-8-4-3-5-9-20/h3-14,16,23,29H,2,15H2,1H3/b24-22-. The van der Waals surface area contributed by atoms with E-state index < -0.39 is 17.7 Å². The second kappa shape index (κ2) is 9.28. The van der Waals surface area contributed by atoms with Crippen LogP contribution in [0.3, 0.4) is 0 Å². The molecule has 0 radical (unpaired) electrons. The fourth-order valence-electron chi connectivity index (χ4n) is 3.76. The number of anilines is 1. The van der Waals surface area contributed by atoms with Gasteiger partial charge >= 0.3 is 0 Å². The van der Waals surface area contributed by atoms with Crippen molar-refractivity contribution in [1.82, 2.24) is 0 Å². The van der Waals surface area contributed by atoms with Gasteiger partial charge in [-0.3, -0.25) is 14.5 Å². The smallest absolute Gasteiger partial charge is 0.300 e. The second-order valence-corrected chi connectivity index (χ2v) is 7.87. The van der Waals surface area contributed by atoms with Crippen molar-refractivity contribution in [2.75, 3.05) is 11.5 Å². The summed E-state index contributed by atoms with van der Waals surface area (Å²) in [5, 5.41) is 11.7. The Hall–Kier alpha value is -3.57. The normalized spacial score (nSPS) is 17.6. The molecule has 3 aromatic rings. The van der Waals surface area contributed by atoms with E-state index in [1.54, 1.807) is 72.8 Å². The molecule has 1 saturated heterocycles. The van der Waals surface area contributed by atoms with Crippen LogP contribution in [0.4, 0.5) is 5.69 Å². The average molecular weight is 448 g/mol. The maximum Gasteiger partial charge on any atom is 0.300 e. The molecular formula is C26H22ClNO4. The van der Waals surface area contributed by atoms with Gasteiger partial charge in [0, 0.05) is 16.3 Å². The number of halogens is 1. The Labute approximate surface area is 191 Å². The van der Waals surface area contributed by atoms with Crippen molar-refractivity contribution in [2.24, 2.45) is 0 Å². The van der Waals surface area contributed by atoms with E-state index in [0.29, 0.717) is 34.2 Å². The van der Waals surface area contributed by atoms with E-state index in [1.165, 1.54) is 4.90 Å². The van der Waals surface area contributed by atoms with Gasteiger partial charge in [0.15, 0.2) is 0 Å². The molecule has 1 atom stereocenters. The fourth-order valence-corrected chi connectivity index (χ4v) is 3.88. The fraction of sp³-hybridized carbons (Fsp3) is 0.154. The van der Waals surface area contributed by atoms with Crippen LogP contribution in [0, 0.1) is 0 Å². The van der Waals surface area contributed by atoms with Gasteiger partial charge in [0.25, 0.3) is 11.7 Å². The predicted molar refractivity (Wildman–Crippen MR) is 125 cm³/mol. The van der Waals surface area contributed by atoms with Crippen LogP contribution < -0.4 is 9.64 Å². The number of aliphatic hydroxyl groups excluding tert-OH is 1. The molecular weight excluding hydrogens is 426 g/mol. The number of aliphatic hydroxyl groups is 1. The van der Waals surface area contributed by atoms with E-state index in [2.05, 4.69) is 0 Å². The number of nitrogens with zero attached hydrogens (tertiary/aromatic N) is 1. The number of hydrogen-bond acceptors (Lipinski definition) is 4. The van der Waals surface area contributed by atoms with Crippen LogP contribution in [-0.2, 0) is 9.59 Å². The first-order chi connectivity index (χ1) is 15.5. The van der Waals surface area contributed by atoms with Gasteiger partial charge in [0.1, 0.15) is 11.5 Å². The molecule has 1 N–H and O–H groups in total. The van der Waals surface area contributed by atoms with E-state index in [0.717, 1.165) is 6.42 Å². The monoisotopic (exact) mass is 447 g/mol. The molecule has 1 fully saturated rings. The summed E-state index contributed by atoms with van der Waals surface area (Å²) in [6.45, 7) is 2.54. The molecule has 4 rings (SSSR count). The number of para-hydroxylation sites is 1. The third-order valence-corrected chi connectivity index (χ3v) is 5.50. The molecule has 0 saturated carbocycles. The van der Waals surface area contributed by atoms with Gasteiger partial charge < -0.3 is 9.84 Å². The van der Waals surface area contributed by atoms with Gasteiger partial charge in [0.2, 0.25) is 0 Å². The van der Waals surface area contributed by atoms with Gasteiger partial charge in [-0.05, 0) is 48.4 Å². The highest BCUT2D eigenvalue weighted by atomic mass is 35.5. The van der Waals surface area contributed by atoms with Crippen LogP contribution in [0.5, 0.6) is 5.75 Å². The van der Waals surface area contributed by atoms with Gasteiger partial charge in [-0.25, -0.2) is 0 Å². The molecule has 1 aliphatic rings. The van der Waals surface area contributed by atoms with E-state index >= 15 is 0 Å². The summed E-state index contributed by atoms with van der Waals surface area (Å²) >= 11 is 6.06. The molecule has 5 nitrogen and oxygen atoms in total. The summed E-state index contributed by atoms with van der Waals surface area (Å²) in [4.78, 5) is 27.6. The number of Topliss-reactive ketones (excluding diaryl/α,β-unsaturated/α-hetero) is 1. The van der Waals surface area contributed by atoms with Crippen molar-refractivity contribution < 1.29 is 19.4 Å². The zero-order valence-corrected chi connectivity index (χ0v) is 18.3. The highest BCUT2D eigenvalue weighted by molar-refractivity contribution is 6.51. The number of carbonyl (C=O) groups excluding carboxylic acids is 2. The zero-order chi connectivity index (χ0) is 22.7. The summed E-state index contributed by atoms with van der Waals surface area (Å²) < 4.78 is 5.66. The first-order valence-corrected chi connectivity index (χ1v) is 10.7. The minimum absolute atomic E-state index is 0.0221. The summed E-state index contributed by atoms with van der Waals surface area (Å²) in [6, 6.07) is 21.9. The number of amides is 1. The van der Waals surface area contributed by atoms with Crippen molar-refractivity contribution in [1.29, 1.82) is 0 Å². The molecule has 1 amide bonds. The third kappa shape index (κ3) is 4.12. The van der Waals surface area contributed by atoms with Crippen LogP contribution >= 0.6 is 11.6 Å². The summed E-state index contributed by atoms with van der Waals surface area (Å²) in [7, 11) is 0. The maximum absolute atomic E-state index is 13.1. The van der Waals surface area contributed by atoms with Crippen molar-refractivity contribution in [3.05, 3.63) is 101 Å². The topological polar surface area (TPSA) is 66.8 Å².